The van der Waals surface area contributed by atoms with Crippen molar-refractivity contribution in [2.75, 3.05) is 0 Å². The molecule has 0 atom stereocenters. The van der Waals surface area contributed by atoms with E-state index in [1.54, 1.807) is 0 Å². The Balaban J connectivity index is 1.33. The molecule has 0 saturated heterocycles. The summed E-state index contributed by atoms with van der Waals surface area (Å²) in [7, 11) is 0. The first-order valence-corrected chi connectivity index (χ1v) is 15.8. The third-order valence-electron chi connectivity index (χ3n) is 9.58. The van der Waals surface area contributed by atoms with Gasteiger partial charge in [-0.1, -0.05) is 133 Å². The molecule has 2 aromatic heterocycles. The van der Waals surface area contributed by atoms with Crippen molar-refractivity contribution >= 4 is 65.3 Å². The van der Waals surface area contributed by atoms with Gasteiger partial charge in [0.25, 0.3) is 0 Å². The van der Waals surface area contributed by atoms with Gasteiger partial charge in [0.05, 0.1) is 10.9 Å². The van der Waals surface area contributed by atoms with Crippen molar-refractivity contribution in [1.29, 1.82) is 0 Å². The van der Waals surface area contributed by atoms with E-state index in [-0.39, 0.29) is 0 Å². The fourth-order valence-electron chi connectivity index (χ4n) is 7.65. The fraction of sp³-hybridized carbons (Fsp3) is 0. The zero-order valence-corrected chi connectivity index (χ0v) is 24.9. The van der Waals surface area contributed by atoms with Gasteiger partial charge in [0, 0.05) is 16.5 Å². The molecule has 10 aromatic rings. The average molecular weight is 586 g/mol. The molecule has 10 rings (SSSR count). The molecule has 0 fully saturated rings. The first-order valence-electron chi connectivity index (χ1n) is 15.8. The maximum atomic E-state index is 6.57. The minimum Gasteiger partial charge on any atom is -0.439 e. The topological polar surface area (TPSA) is 18.1 Å². The number of para-hydroxylation sites is 2. The highest BCUT2D eigenvalue weighted by Gasteiger charge is 2.22. The van der Waals surface area contributed by atoms with E-state index in [1.165, 1.54) is 60.0 Å². The predicted molar refractivity (Wildman–Crippen MR) is 194 cm³/mol. The quantitative estimate of drug-likeness (QED) is 0.189. The Morgan fingerprint density at radius 3 is 1.74 bits per heavy atom. The minimum absolute atomic E-state index is 0.876. The van der Waals surface area contributed by atoms with Gasteiger partial charge in [0.2, 0.25) is 5.71 Å². The Bertz CT molecular complexity index is 2740. The third-order valence-corrected chi connectivity index (χ3v) is 9.58. The highest BCUT2D eigenvalue weighted by molar-refractivity contribution is 6.25. The van der Waals surface area contributed by atoms with Gasteiger partial charge in [0.1, 0.15) is 5.58 Å². The van der Waals surface area contributed by atoms with Crippen molar-refractivity contribution in [2.45, 2.75) is 0 Å². The van der Waals surface area contributed by atoms with Crippen LogP contribution in [0.5, 0.6) is 0 Å². The lowest BCUT2D eigenvalue weighted by atomic mass is 9.84. The molecule has 0 radical (unpaired) electrons. The highest BCUT2D eigenvalue weighted by Crippen LogP contribution is 2.47. The molecular weight excluding hydrogens is 558 g/mol. The lowest BCUT2D eigenvalue weighted by Crippen LogP contribution is -1.93. The van der Waals surface area contributed by atoms with Gasteiger partial charge < -0.3 is 4.42 Å². The Labute approximate surface area is 265 Å². The predicted octanol–water partition coefficient (Wildman–Crippen LogP) is 12.3. The largest absolute Gasteiger partial charge is 0.439 e. The van der Waals surface area contributed by atoms with E-state index in [4.69, 9.17) is 4.42 Å². The van der Waals surface area contributed by atoms with Crippen molar-refractivity contribution in [3.8, 4) is 27.9 Å². The SMILES string of the molecule is c1ccc(-n2c3ccc(-c4c5ccccc5c(-c5cccc6ccccc56)c5ccccc45)cc3c3c4ccccc4oc32)cc1. The van der Waals surface area contributed by atoms with E-state index >= 15 is 0 Å². The van der Waals surface area contributed by atoms with Gasteiger partial charge in [-0.25, -0.2) is 0 Å². The molecule has 0 aliphatic rings. The summed E-state index contributed by atoms with van der Waals surface area (Å²) in [6.07, 6.45) is 0. The van der Waals surface area contributed by atoms with Crippen LogP contribution in [0.15, 0.2) is 168 Å². The van der Waals surface area contributed by atoms with Crippen LogP contribution in [0, 0.1) is 0 Å². The summed E-state index contributed by atoms with van der Waals surface area (Å²) < 4.78 is 8.83. The molecule has 0 aliphatic carbocycles. The van der Waals surface area contributed by atoms with Crippen molar-refractivity contribution in [3.05, 3.63) is 164 Å². The first-order chi connectivity index (χ1) is 22.8. The van der Waals surface area contributed by atoms with Crippen LogP contribution in [-0.2, 0) is 0 Å². The van der Waals surface area contributed by atoms with Crippen LogP contribution in [0.3, 0.4) is 0 Å². The van der Waals surface area contributed by atoms with E-state index < -0.39 is 0 Å². The zero-order valence-electron chi connectivity index (χ0n) is 24.9. The zero-order chi connectivity index (χ0) is 30.2. The standard InChI is InChI=1S/C44H27NO/c1-2-15-30(16-3-1)45-39-26-25-29(27-38(39)43-37-22-10-11-24-40(37)46-44(43)45)41-33-18-6-8-20-35(33)42(36-21-9-7-19-34(36)41)32-23-12-14-28-13-4-5-17-31(28)32/h1-27H. The number of fused-ring (bicyclic) bond motifs is 8. The Morgan fingerprint density at radius 1 is 0.413 bits per heavy atom. The summed E-state index contributed by atoms with van der Waals surface area (Å²) in [5, 5.41) is 11.0. The number of nitrogens with zero attached hydrogens (tertiary/aromatic N) is 1. The number of furan rings is 1. The smallest absolute Gasteiger partial charge is 0.213 e. The summed E-state index contributed by atoms with van der Waals surface area (Å²) in [4.78, 5) is 0. The van der Waals surface area contributed by atoms with Crippen molar-refractivity contribution < 1.29 is 4.42 Å². The summed E-state index contributed by atoms with van der Waals surface area (Å²) >= 11 is 0. The molecule has 214 valence electrons. The maximum absolute atomic E-state index is 6.57. The number of aromatic nitrogens is 1. The molecule has 0 N–H and O–H groups in total. The maximum Gasteiger partial charge on any atom is 0.213 e. The van der Waals surface area contributed by atoms with Gasteiger partial charge in [-0.3, -0.25) is 4.57 Å². The van der Waals surface area contributed by atoms with Gasteiger partial charge in [0.15, 0.2) is 0 Å². The average Bonchev–Trinajstić information content (AvgIpc) is 3.65. The molecule has 0 bridgehead atoms. The molecule has 2 nitrogen and oxygen atoms in total. The summed E-state index contributed by atoms with van der Waals surface area (Å²) in [6, 6.07) is 59.0. The highest BCUT2D eigenvalue weighted by atomic mass is 16.3. The molecule has 2 heteroatoms. The van der Waals surface area contributed by atoms with Gasteiger partial charge in [-0.15, -0.1) is 0 Å². The first kappa shape index (κ1) is 25.2. The van der Waals surface area contributed by atoms with Crippen LogP contribution >= 0.6 is 0 Å². The second kappa shape index (κ2) is 9.69. The van der Waals surface area contributed by atoms with Crippen LogP contribution in [0.2, 0.25) is 0 Å². The molecule has 0 saturated carbocycles. The molecule has 0 amide bonds. The molecule has 0 aliphatic heterocycles. The fourth-order valence-corrected chi connectivity index (χ4v) is 7.65. The van der Waals surface area contributed by atoms with Crippen LogP contribution in [-0.4, -0.2) is 4.57 Å². The number of hydrogen-bond donors (Lipinski definition) is 0. The Morgan fingerprint density at radius 2 is 1.00 bits per heavy atom. The summed E-state index contributed by atoms with van der Waals surface area (Å²) in [6.45, 7) is 0. The second-order valence-corrected chi connectivity index (χ2v) is 12.0. The van der Waals surface area contributed by atoms with Crippen LogP contribution in [0.1, 0.15) is 0 Å². The molecule has 0 spiro atoms. The van der Waals surface area contributed by atoms with E-state index in [2.05, 4.69) is 162 Å². The second-order valence-electron chi connectivity index (χ2n) is 12.0. The normalized spacial score (nSPS) is 11.9. The number of hydrogen-bond acceptors (Lipinski definition) is 1. The van der Waals surface area contributed by atoms with E-state index in [0.29, 0.717) is 0 Å². The molecule has 46 heavy (non-hydrogen) atoms. The van der Waals surface area contributed by atoms with Crippen LogP contribution in [0.4, 0.5) is 0 Å². The molecule has 2 heterocycles. The van der Waals surface area contributed by atoms with Crippen LogP contribution < -0.4 is 0 Å². The van der Waals surface area contributed by atoms with Crippen molar-refractivity contribution in [1.82, 2.24) is 4.57 Å². The minimum atomic E-state index is 0.876. The van der Waals surface area contributed by atoms with Gasteiger partial charge in [-0.2, -0.15) is 0 Å². The monoisotopic (exact) mass is 585 g/mol. The van der Waals surface area contributed by atoms with E-state index in [0.717, 1.165) is 33.3 Å². The lowest BCUT2D eigenvalue weighted by molar-refractivity contribution is 0.645. The lowest BCUT2D eigenvalue weighted by Gasteiger charge is -2.19. The van der Waals surface area contributed by atoms with Crippen molar-refractivity contribution in [3.63, 3.8) is 0 Å². The number of benzene rings is 8. The van der Waals surface area contributed by atoms with Crippen LogP contribution in [0.25, 0.3) is 93.2 Å². The Kier molecular flexibility index (Phi) is 5.31. The summed E-state index contributed by atoms with van der Waals surface area (Å²) in [5.74, 6) is 0. The van der Waals surface area contributed by atoms with E-state index in [9.17, 15) is 0 Å². The third kappa shape index (κ3) is 3.53. The molecular formula is C44H27NO. The number of rotatable bonds is 3. The molecule has 0 unspecified atom stereocenters. The van der Waals surface area contributed by atoms with Crippen molar-refractivity contribution in [2.24, 2.45) is 0 Å². The van der Waals surface area contributed by atoms with Gasteiger partial charge >= 0.3 is 0 Å². The molecule has 8 aromatic carbocycles. The summed E-state index contributed by atoms with van der Waals surface area (Å²) in [5.41, 5.74) is 9.00. The van der Waals surface area contributed by atoms with Gasteiger partial charge in [-0.05, 0) is 84.9 Å². The van der Waals surface area contributed by atoms with E-state index in [1.807, 2.05) is 6.07 Å². The Hall–Kier alpha value is -6.12.